The van der Waals surface area contributed by atoms with Crippen LogP contribution in [-0.4, -0.2) is 26.2 Å². The summed E-state index contributed by atoms with van der Waals surface area (Å²) in [5, 5.41) is 2.82. The summed E-state index contributed by atoms with van der Waals surface area (Å²) >= 11 is 1.28. The Kier molecular flexibility index (Phi) is 7.20. The Balaban J connectivity index is 2.03. The molecule has 6 nitrogen and oxygen atoms in total. The molecule has 2 aromatic rings. The Bertz CT molecular complexity index is 734. The molecule has 0 saturated carbocycles. The third kappa shape index (κ3) is 5.68. The number of hydrogen-bond acceptors (Lipinski definition) is 6. The Morgan fingerprint density at radius 2 is 1.72 bits per heavy atom. The summed E-state index contributed by atoms with van der Waals surface area (Å²) in [6.45, 7) is 4.17. The highest BCUT2D eigenvalue weighted by Gasteiger charge is 2.25. The third-order valence-electron chi connectivity index (χ3n) is 3.23. The van der Waals surface area contributed by atoms with Crippen molar-refractivity contribution in [3.63, 3.8) is 0 Å². The molecule has 0 aliphatic rings. The van der Waals surface area contributed by atoms with Crippen molar-refractivity contribution in [3.8, 4) is 5.75 Å². The maximum Gasteiger partial charge on any atom is 0.335 e. The Hall–Kier alpha value is -1.66. The van der Waals surface area contributed by atoms with Gasteiger partial charge in [0.15, 0.2) is 0 Å². The van der Waals surface area contributed by atoms with Crippen LogP contribution in [0, 0.1) is 0 Å². The predicted molar refractivity (Wildman–Crippen MR) is 99.8 cm³/mol. The third-order valence-corrected chi connectivity index (χ3v) is 6.56. The van der Waals surface area contributed by atoms with E-state index >= 15 is 0 Å². The van der Waals surface area contributed by atoms with Gasteiger partial charge in [0.25, 0.3) is 5.91 Å². The minimum absolute atomic E-state index is 0.162. The van der Waals surface area contributed by atoms with Crippen LogP contribution in [0.2, 0.25) is 0 Å². The fourth-order valence-electron chi connectivity index (χ4n) is 2.16. The molecule has 1 aromatic carbocycles. The van der Waals surface area contributed by atoms with E-state index in [9.17, 15) is 9.36 Å². The molecule has 0 unspecified atom stereocenters. The van der Waals surface area contributed by atoms with Gasteiger partial charge in [-0.15, -0.1) is 11.3 Å². The number of carbonyl (C=O) groups is 1. The molecule has 0 radical (unpaired) electrons. The highest BCUT2D eigenvalue weighted by atomic mass is 32.1. The fourth-order valence-corrected chi connectivity index (χ4v) is 5.13. The van der Waals surface area contributed by atoms with Crippen LogP contribution in [0.1, 0.15) is 28.4 Å². The molecule has 0 atom stereocenters. The molecule has 0 spiro atoms. The van der Waals surface area contributed by atoms with Crippen molar-refractivity contribution >= 4 is 30.5 Å². The number of hydrogen-bond donors (Lipinski definition) is 1. The zero-order valence-electron chi connectivity index (χ0n) is 14.5. The van der Waals surface area contributed by atoms with Crippen molar-refractivity contribution in [2.24, 2.45) is 0 Å². The van der Waals surface area contributed by atoms with E-state index in [4.69, 9.17) is 13.8 Å². The Morgan fingerprint density at radius 3 is 2.28 bits per heavy atom. The summed E-state index contributed by atoms with van der Waals surface area (Å²) in [4.78, 5) is 13.7. The molecule has 1 aromatic heterocycles. The second kappa shape index (κ2) is 9.15. The molecular formula is C17H22NO5PS. The van der Waals surface area contributed by atoms with Crippen LogP contribution in [-0.2, 0) is 19.8 Å². The van der Waals surface area contributed by atoms with Crippen LogP contribution < -0.4 is 10.1 Å². The summed E-state index contributed by atoms with van der Waals surface area (Å²) in [6, 6.07) is 10.6. The predicted octanol–water partition coefficient (Wildman–Crippen LogP) is 4.78. The number of carbonyl (C=O) groups excluding carboxylic acids is 1. The molecule has 136 valence electrons. The molecule has 1 amide bonds. The van der Waals surface area contributed by atoms with Gasteiger partial charge < -0.3 is 19.1 Å². The average molecular weight is 383 g/mol. The van der Waals surface area contributed by atoms with E-state index in [0.29, 0.717) is 23.8 Å². The molecule has 1 heterocycles. The van der Waals surface area contributed by atoms with Gasteiger partial charge in [-0.2, -0.15) is 0 Å². The van der Waals surface area contributed by atoms with Gasteiger partial charge in [-0.3, -0.25) is 9.36 Å². The van der Waals surface area contributed by atoms with Crippen molar-refractivity contribution in [1.29, 1.82) is 0 Å². The van der Waals surface area contributed by atoms with Crippen LogP contribution in [0.5, 0.6) is 5.75 Å². The Morgan fingerprint density at radius 1 is 1.08 bits per heavy atom. The SMILES string of the molecule is CCOP(=O)(Cc1ccc(C(=O)Nc2ccc(OC)cc2)s1)OCC. The molecule has 0 bridgehead atoms. The first-order valence-electron chi connectivity index (χ1n) is 7.92. The standard InChI is InChI=1S/C17H22NO5PS/c1-4-22-24(20,23-5-2)12-15-10-11-16(25-15)17(19)18-13-6-8-14(21-3)9-7-13/h6-11H,4-5,12H2,1-3H3,(H,18,19). The van der Waals surface area contributed by atoms with Crippen molar-refractivity contribution in [2.45, 2.75) is 20.0 Å². The van der Waals surface area contributed by atoms with Gasteiger partial charge in [-0.25, -0.2) is 0 Å². The number of benzene rings is 1. The highest BCUT2D eigenvalue weighted by molar-refractivity contribution is 7.53. The first kappa shape index (κ1) is 19.7. The van der Waals surface area contributed by atoms with E-state index in [0.717, 1.165) is 10.6 Å². The number of thiophene rings is 1. The summed E-state index contributed by atoms with van der Waals surface area (Å²) in [5.41, 5.74) is 0.676. The number of anilines is 1. The number of amides is 1. The van der Waals surface area contributed by atoms with E-state index in [2.05, 4.69) is 5.32 Å². The van der Waals surface area contributed by atoms with Crippen LogP contribution in [0.15, 0.2) is 36.4 Å². The second-order valence-corrected chi connectivity index (χ2v) is 8.28. The Labute approximate surface area is 151 Å². The smallest absolute Gasteiger partial charge is 0.335 e. The highest BCUT2D eigenvalue weighted by Crippen LogP contribution is 2.52. The number of methoxy groups -OCH3 is 1. The first-order chi connectivity index (χ1) is 12.0. The van der Waals surface area contributed by atoms with Gasteiger partial charge >= 0.3 is 7.60 Å². The normalized spacial score (nSPS) is 11.3. The van der Waals surface area contributed by atoms with E-state index < -0.39 is 7.60 Å². The molecule has 8 heteroatoms. The van der Waals surface area contributed by atoms with E-state index in [1.54, 1.807) is 57.4 Å². The molecule has 0 saturated heterocycles. The van der Waals surface area contributed by atoms with Crippen molar-refractivity contribution in [2.75, 3.05) is 25.6 Å². The number of nitrogens with one attached hydrogen (secondary N) is 1. The lowest BCUT2D eigenvalue weighted by atomic mass is 10.3. The average Bonchev–Trinajstić information content (AvgIpc) is 3.04. The lowest BCUT2D eigenvalue weighted by Gasteiger charge is -2.15. The van der Waals surface area contributed by atoms with Crippen molar-refractivity contribution in [1.82, 2.24) is 0 Å². The maximum absolute atomic E-state index is 12.6. The molecular weight excluding hydrogens is 361 g/mol. The molecule has 0 fully saturated rings. The monoisotopic (exact) mass is 383 g/mol. The summed E-state index contributed by atoms with van der Waals surface area (Å²) in [5.74, 6) is 0.503. The second-order valence-electron chi connectivity index (χ2n) is 5.05. The van der Waals surface area contributed by atoms with Gasteiger partial charge in [-0.1, -0.05) is 0 Å². The van der Waals surface area contributed by atoms with Crippen LogP contribution in [0.3, 0.4) is 0 Å². The molecule has 0 aliphatic carbocycles. The zero-order chi connectivity index (χ0) is 18.3. The quantitative estimate of drug-likeness (QED) is 0.631. The fraction of sp³-hybridized carbons (Fsp3) is 0.353. The molecule has 1 N–H and O–H groups in total. The number of rotatable bonds is 9. The van der Waals surface area contributed by atoms with E-state index in [1.165, 1.54) is 11.3 Å². The minimum atomic E-state index is -3.17. The molecule has 2 rings (SSSR count). The number of ether oxygens (including phenoxy) is 1. The minimum Gasteiger partial charge on any atom is -0.497 e. The largest absolute Gasteiger partial charge is 0.497 e. The van der Waals surface area contributed by atoms with E-state index in [-0.39, 0.29) is 12.1 Å². The van der Waals surface area contributed by atoms with Gasteiger partial charge in [0.1, 0.15) is 5.75 Å². The summed E-state index contributed by atoms with van der Waals surface area (Å²) in [6.07, 6.45) is 0.162. The van der Waals surface area contributed by atoms with Gasteiger partial charge in [-0.05, 0) is 50.2 Å². The maximum atomic E-state index is 12.6. The summed E-state index contributed by atoms with van der Waals surface area (Å²) in [7, 11) is -1.58. The van der Waals surface area contributed by atoms with E-state index in [1.807, 2.05) is 0 Å². The lowest BCUT2D eigenvalue weighted by Crippen LogP contribution is -2.09. The van der Waals surface area contributed by atoms with Crippen molar-refractivity contribution in [3.05, 3.63) is 46.2 Å². The van der Waals surface area contributed by atoms with Gasteiger partial charge in [0.05, 0.1) is 31.4 Å². The van der Waals surface area contributed by atoms with Crippen molar-refractivity contribution < 1.29 is 23.1 Å². The molecule has 0 aliphatic heterocycles. The van der Waals surface area contributed by atoms with Gasteiger partial charge in [0, 0.05) is 10.6 Å². The topological polar surface area (TPSA) is 73.9 Å². The van der Waals surface area contributed by atoms with Crippen LogP contribution in [0.25, 0.3) is 0 Å². The zero-order valence-corrected chi connectivity index (χ0v) is 16.2. The summed E-state index contributed by atoms with van der Waals surface area (Å²) < 4.78 is 28.2. The van der Waals surface area contributed by atoms with Gasteiger partial charge in [0.2, 0.25) is 0 Å². The first-order valence-corrected chi connectivity index (χ1v) is 10.5. The van der Waals surface area contributed by atoms with Crippen LogP contribution >= 0.6 is 18.9 Å². The van der Waals surface area contributed by atoms with Crippen LogP contribution in [0.4, 0.5) is 5.69 Å². The lowest BCUT2D eigenvalue weighted by molar-refractivity contribution is 0.103. The molecule has 25 heavy (non-hydrogen) atoms.